The first-order valence-corrected chi connectivity index (χ1v) is 10.7. The van der Waals surface area contributed by atoms with Crippen LogP contribution in [0.25, 0.3) is 0 Å². The normalized spacial score (nSPS) is 24.0. The molecule has 25 heavy (non-hydrogen) atoms. The van der Waals surface area contributed by atoms with E-state index in [-0.39, 0.29) is 24.2 Å². The molecule has 0 fully saturated rings. The molecule has 0 aliphatic heterocycles. The quantitative estimate of drug-likeness (QED) is 0.719. The van der Waals surface area contributed by atoms with Crippen LogP contribution < -0.4 is 0 Å². The molecular formula is C21H24O3S. The molecular weight excluding hydrogens is 332 g/mol. The molecule has 0 unspecified atom stereocenters. The molecule has 0 heterocycles. The van der Waals surface area contributed by atoms with E-state index in [0.717, 1.165) is 12.8 Å². The van der Waals surface area contributed by atoms with Crippen LogP contribution in [0.15, 0.2) is 48.5 Å². The van der Waals surface area contributed by atoms with E-state index in [1.165, 1.54) is 22.3 Å². The van der Waals surface area contributed by atoms with Gasteiger partial charge >= 0.3 is 0 Å². The summed E-state index contributed by atoms with van der Waals surface area (Å²) in [5, 5.41) is 0. The molecule has 3 aliphatic carbocycles. The molecule has 0 amide bonds. The van der Waals surface area contributed by atoms with Gasteiger partial charge in [-0.05, 0) is 41.0 Å². The fraction of sp³-hybridized carbons (Fsp3) is 0.429. The van der Waals surface area contributed by atoms with E-state index in [2.05, 4.69) is 48.5 Å². The predicted octanol–water partition coefficient (Wildman–Crippen LogP) is 4.43. The Morgan fingerprint density at radius 3 is 2.08 bits per heavy atom. The zero-order chi connectivity index (χ0) is 17.4. The topological polar surface area (TPSA) is 43.4 Å². The second-order valence-corrected chi connectivity index (χ2v) is 8.94. The van der Waals surface area contributed by atoms with Crippen molar-refractivity contribution in [1.82, 2.24) is 0 Å². The van der Waals surface area contributed by atoms with Gasteiger partial charge in [0, 0.05) is 11.8 Å². The highest BCUT2D eigenvalue weighted by Gasteiger charge is 2.43. The van der Waals surface area contributed by atoms with Crippen molar-refractivity contribution < 1.29 is 12.6 Å². The van der Waals surface area contributed by atoms with E-state index in [1.54, 1.807) is 0 Å². The molecule has 3 nitrogen and oxygen atoms in total. The average Bonchev–Trinajstić information content (AvgIpc) is 2.65. The molecule has 2 bridgehead atoms. The van der Waals surface area contributed by atoms with E-state index in [4.69, 9.17) is 4.18 Å². The Hall–Kier alpha value is -1.65. The lowest BCUT2D eigenvalue weighted by Gasteiger charge is -2.45. The first-order valence-electron chi connectivity index (χ1n) is 9.15. The maximum Gasteiger partial charge on any atom is 0.267 e. The fourth-order valence-electron chi connectivity index (χ4n) is 4.49. The number of hydrogen-bond acceptors (Lipinski definition) is 3. The highest BCUT2D eigenvalue weighted by Crippen LogP contribution is 2.55. The van der Waals surface area contributed by atoms with Crippen LogP contribution in [0, 0.1) is 5.92 Å². The molecule has 4 heteroatoms. The van der Waals surface area contributed by atoms with E-state index in [0.29, 0.717) is 12.3 Å². The van der Waals surface area contributed by atoms with Crippen LogP contribution in [0.2, 0.25) is 0 Å². The van der Waals surface area contributed by atoms with Gasteiger partial charge in [0.1, 0.15) is 0 Å². The Morgan fingerprint density at radius 1 is 0.960 bits per heavy atom. The lowest BCUT2D eigenvalue weighted by molar-refractivity contribution is 0.209. The van der Waals surface area contributed by atoms with Gasteiger partial charge in [0.05, 0.1) is 12.4 Å². The van der Waals surface area contributed by atoms with Crippen molar-refractivity contribution in [2.45, 2.75) is 38.0 Å². The van der Waals surface area contributed by atoms with Crippen LogP contribution >= 0.6 is 0 Å². The van der Waals surface area contributed by atoms with Crippen LogP contribution in [0.3, 0.4) is 0 Å². The van der Waals surface area contributed by atoms with Crippen molar-refractivity contribution in [1.29, 1.82) is 0 Å². The highest BCUT2D eigenvalue weighted by atomic mass is 32.2. The molecule has 5 rings (SSSR count). The summed E-state index contributed by atoms with van der Waals surface area (Å²) in [6.07, 6.45) is 2.48. The minimum atomic E-state index is -3.41. The van der Waals surface area contributed by atoms with Crippen molar-refractivity contribution in [3.63, 3.8) is 0 Å². The second-order valence-electron chi connectivity index (χ2n) is 7.18. The minimum Gasteiger partial charge on any atom is -0.270 e. The van der Waals surface area contributed by atoms with Gasteiger partial charge < -0.3 is 0 Å². The smallest absolute Gasteiger partial charge is 0.267 e. The van der Waals surface area contributed by atoms with Crippen LogP contribution in [0.4, 0.5) is 0 Å². The van der Waals surface area contributed by atoms with Crippen LogP contribution in [0.5, 0.6) is 0 Å². The van der Waals surface area contributed by atoms with E-state index >= 15 is 0 Å². The van der Waals surface area contributed by atoms with Gasteiger partial charge in [0.25, 0.3) is 10.1 Å². The van der Waals surface area contributed by atoms with E-state index in [9.17, 15) is 8.42 Å². The first kappa shape index (κ1) is 16.8. The Kier molecular flexibility index (Phi) is 4.42. The van der Waals surface area contributed by atoms with Gasteiger partial charge in [0.15, 0.2) is 0 Å². The molecule has 0 N–H and O–H groups in total. The van der Waals surface area contributed by atoms with Crippen molar-refractivity contribution >= 4 is 10.1 Å². The first-order chi connectivity index (χ1) is 12.1. The van der Waals surface area contributed by atoms with Crippen molar-refractivity contribution in [2.75, 3.05) is 12.4 Å². The Morgan fingerprint density at radius 2 is 1.52 bits per heavy atom. The summed E-state index contributed by atoms with van der Waals surface area (Å²) >= 11 is 0. The van der Waals surface area contributed by atoms with Gasteiger partial charge in [-0.25, -0.2) is 0 Å². The highest BCUT2D eigenvalue weighted by molar-refractivity contribution is 7.86. The largest absolute Gasteiger partial charge is 0.270 e. The summed E-state index contributed by atoms with van der Waals surface area (Å²) in [6.45, 7) is 2.28. The third kappa shape index (κ3) is 3.02. The van der Waals surface area contributed by atoms with Crippen molar-refractivity contribution in [3.05, 3.63) is 70.8 Å². The maximum absolute atomic E-state index is 12.1. The number of unbranched alkanes of at least 4 members (excludes halogenated alkanes) is 1. The number of rotatable bonds is 6. The Balaban J connectivity index is 1.63. The summed E-state index contributed by atoms with van der Waals surface area (Å²) in [5.74, 6) is 0.923. The molecule has 0 spiro atoms. The number of hydrogen-bond donors (Lipinski definition) is 0. The second kappa shape index (κ2) is 6.58. The molecule has 0 aromatic heterocycles. The maximum atomic E-state index is 12.1. The van der Waals surface area contributed by atoms with Crippen LogP contribution in [-0.2, 0) is 14.3 Å². The zero-order valence-corrected chi connectivity index (χ0v) is 15.3. The Labute approximate surface area is 150 Å². The molecule has 2 aromatic rings. The fourth-order valence-corrected chi connectivity index (χ4v) is 5.64. The van der Waals surface area contributed by atoms with E-state index in [1.807, 2.05) is 6.92 Å². The third-order valence-electron chi connectivity index (χ3n) is 5.63. The van der Waals surface area contributed by atoms with Gasteiger partial charge in [0.2, 0.25) is 0 Å². The van der Waals surface area contributed by atoms with Crippen LogP contribution in [0.1, 0.15) is 60.3 Å². The molecule has 132 valence electrons. The summed E-state index contributed by atoms with van der Waals surface area (Å²) in [7, 11) is -3.41. The number of fused-ring (bicyclic) bond motifs is 1. The van der Waals surface area contributed by atoms with Gasteiger partial charge in [-0.2, -0.15) is 8.42 Å². The molecule has 1 atom stereocenters. The number of benzene rings is 2. The molecule has 0 radical (unpaired) electrons. The van der Waals surface area contributed by atoms with E-state index < -0.39 is 10.1 Å². The molecule has 2 aromatic carbocycles. The van der Waals surface area contributed by atoms with Gasteiger partial charge in [-0.15, -0.1) is 0 Å². The average molecular weight is 356 g/mol. The summed E-state index contributed by atoms with van der Waals surface area (Å²) in [5.41, 5.74) is 5.49. The molecule has 0 saturated heterocycles. The lowest BCUT2D eigenvalue weighted by atomic mass is 9.59. The van der Waals surface area contributed by atoms with Crippen LogP contribution in [-0.4, -0.2) is 20.8 Å². The SMILES string of the molecule is CCCCS(=O)(=O)OC[C@@H]1CC2c3ccccc3C1c1ccccc12. The minimum absolute atomic E-state index is 0.123. The third-order valence-corrected chi connectivity index (χ3v) is 6.92. The summed E-state index contributed by atoms with van der Waals surface area (Å²) in [6, 6.07) is 17.2. The predicted molar refractivity (Wildman–Crippen MR) is 99.3 cm³/mol. The summed E-state index contributed by atoms with van der Waals surface area (Å²) in [4.78, 5) is 0. The summed E-state index contributed by atoms with van der Waals surface area (Å²) < 4.78 is 29.6. The molecule has 3 aliphatic rings. The molecule has 0 saturated carbocycles. The Bertz CT molecular complexity index is 825. The lowest BCUT2D eigenvalue weighted by Crippen LogP contribution is -2.35. The van der Waals surface area contributed by atoms with Crippen molar-refractivity contribution in [3.8, 4) is 0 Å². The van der Waals surface area contributed by atoms with Crippen molar-refractivity contribution in [2.24, 2.45) is 5.92 Å². The zero-order valence-electron chi connectivity index (χ0n) is 14.5. The standard InChI is InChI=1S/C21H24O3S/c1-2-3-12-25(22,23)24-14-15-13-20-16-8-4-6-10-18(16)21(15)19-11-7-5-9-17(19)20/h4-11,15,20-21H,2-3,12-14H2,1H3/t15-,20?,21?/m0/s1. The van der Waals surface area contributed by atoms with Gasteiger partial charge in [-0.1, -0.05) is 61.9 Å². The van der Waals surface area contributed by atoms with Gasteiger partial charge in [-0.3, -0.25) is 4.18 Å². The monoisotopic (exact) mass is 356 g/mol.